The summed E-state index contributed by atoms with van der Waals surface area (Å²) in [5.41, 5.74) is 1.15. The molecule has 1 heterocycles. The van der Waals surface area contributed by atoms with Gasteiger partial charge in [0.2, 0.25) is 0 Å². The molecule has 1 aromatic heterocycles. The van der Waals surface area contributed by atoms with Crippen molar-refractivity contribution in [2.45, 2.75) is 12.5 Å². The highest BCUT2D eigenvalue weighted by Gasteiger charge is 2.13. The fraction of sp³-hybridized carbons (Fsp3) is 0.308. The van der Waals surface area contributed by atoms with Gasteiger partial charge in [-0.2, -0.15) is 0 Å². The molecular weight excluding hydrogens is 314 g/mol. The Kier molecular flexibility index (Phi) is 4.43. The molecule has 0 radical (unpaired) electrons. The summed E-state index contributed by atoms with van der Waals surface area (Å²) in [4.78, 5) is 4.35. The lowest BCUT2D eigenvalue weighted by molar-refractivity contribution is 0.563. The highest BCUT2D eigenvalue weighted by molar-refractivity contribution is 9.10. The normalized spacial score (nSPS) is 12.7. The molecular formula is C13H15BrClN3. The van der Waals surface area contributed by atoms with Crippen LogP contribution in [0.25, 0.3) is 0 Å². The van der Waals surface area contributed by atoms with Gasteiger partial charge in [-0.15, -0.1) is 0 Å². The van der Waals surface area contributed by atoms with E-state index in [0.29, 0.717) is 0 Å². The molecule has 1 unspecified atom stereocenters. The number of imidazole rings is 1. The van der Waals surface area contributed by atoms with Gasteiger partial charge in [-0.3, -0.25) is 0 Å². The first kappa shape index (κ1) is 13.6. The van der Waals surface area contributed by atoms with Crippen LogP contribution >= 0.6 is 27.5 Å². The van der Waals surface area contributed by atoms with Crippen molar-refractivity contribution in [3.63, 3.8) is 0 Å². The minimum absolute atomic E-state index is 0.195. The first-order valence-corrected chi connectivity index (χ1v) is 6.86. The number of hydrogen-bond acceptors (Lipinski definition) is 2. The molecule has 0 aliphatic carbocycles. The summed E-state index contributed by atoms with van der Waals surface area (Å²) in [5.74, 6) is 1.05. The monoisotopic (exact) mass is 327 g/mol. The molecule has 18 heavy (non-hydrogen) atoms. The molecule has 0 aliphatic rings. The maximum absolute atomic E-state index is 6.09. The quantitative estimate of drug-likeness (QED) is 0.933. The summed E-state index contributed by atoms with van der Waals surface area (Å²) in [7, 11) is 3.95. The number of likely N-dealkylation sites (N-methyl/N-ethyl adjacent to an activating group) is 1. The zero-order valence-electron chi connectivity index (χ0n) is 10.3. The lowest BCUT2D eigenvalue weighted by Gasteiger charge is -2.17. The topological polar surface area (TPSA) is 29.9 Å². The number of halogens is 2. The van der Waals surface area contributed by atoms with Crippen LogP contribution in [0.15, 0.2) is 35.1 Å². The van der Waals surface area contributed by atoms with Crippen LogP contribution in [-0.2, 0) is 13.5 Å². The number of aryl methyl sites for hydroxylation is 1. The summed E-state index contributed by atoms with van der Waals surface area (Å²) < 4.78 is 3.02. The summed E-state index contributed by atoms with van der Waals surface area (Å²) in [6.45, 7) is 0. The van der Waals surface area contributed by atoms with Crippen molar-refractivity contribution < 1.29 is 0 Å². The third-order valence-corrected chi connectivity index (χ3v) is 3.62. The van der Waals surface area contributed by atoms with Crippen LogP contribution in [0.1, 0.15) is 17.4 Å². The second-order valence-corrected chi connectivity index (χ2v) is 5.55. The van der Waals surface area contributed by atoms with Gasteiger partial charge in [-0.05, 0) is 30.8 Å². The number of nitrogens with zero attached hydrogens (tertiary/aromatic N) is 2. The molecule has 0 saturated carbocycles. The van der Waals surface area contributed by atoms with Gasteiger partial charge in [-0.25, -0.2) is 4.98 Å². The average molecular weight is 329 g/mol. The van der Waals surface area contributed by atoms with E-state index in [2.05, 4.69) is 32.3 Å². The maximum Gasteiger partial charge on any atom is 0.110 e. The fourth-order valence-corrected chi connectivity index (χ4v) is 2.82. The predicted molar refractivity (Wildman–Crippen MR) is 77.9 cm³/mol. The third kappa shape index (κ3) is 3.13. The van der Waals surface area contributed by atoms with Gasteiger partial charge in [0.15, 0.2) is 0 Å². The van der Waals surface area contributed by atoms with E-state index >= 15 is 0 Å². The minimum Gasteiger partial charge on any atom is -0.338 e. The summed E-state index contributed by atoms with van der Waals surface area (Å²) in [6.07, 6.45) is 4.60. The van der Waals surface area contributed by atoms with E-state index in [-0.39, 0.29) is 6.04 Å². The summed E-state index contributed by atoms with van der Waals surface area (Å²) >= 11 is 9.56. The lowest BCUT2D eigenvalue weighted by atomic mass is 10.0. The van der Waals surface area contributed by atoms with E-state index in [1.54, 1.807) is 0 Å². The maximum atomic E-state index is 6.09. The number of hydrogen-bond donors (Lipinski definition) is 1. The van der Waals surface area contributed by atoms with Gasteiger partial charge >= 0.3 is 0 Å². The van der Waals surface area contributed by atoms with Gasteiger partial charge in [0.1, 0.15) is 5.82 Å². The minimum atomic E-state index is 0.195. The third-order valence-electron chi connectivity index (χ3n) is 2.94. The SMILES string of the molecule is CNC(Cc1nccn1C)c1cc(Cl)cc(Br)c1. The molecule has 0 fully saturated rings. The summed E-state index contributed by atoms with van der Waals surface area (Å²) in [6, 6.07) is 6.14. The molecule has 1 atom stereocenters. The zero-order chi connectivity index (χ0) is 13.1. The van der Waals surface area contributed by atoms with E-state index in [1.165, 1.54) is 0 Å². The molecule has 0 saturated heterocycles. The van der Waals surface area contributed by atoms with E-state index < -0.39 is 0 Å². The largest absolute Gasteiger partial charge is 0.338 e. The van der Waals surface area contributed by atoms with Gasteiger partial charge in [0, 0.05) is 41.4 Å². The van der Waals surface area contributed by atoms with Gasteiger partial charge in [-0.1, -0.05) is 27.5 Å². The van der Waals surface area contributed by atoms with Crippen molar-refractivity contribution in [1.29, 1.82) is 0 Å². The Labute approximate surface area is 120 Å². The number of aromatic nitrogens is 2. The fourth-order valence-electron chi connectivity index (χ4n) is 1.94. The van der Waals surface area contributed by atoms with Crippen LogP contribution in [0, 0.1) is 0 Å². The molecule has 0 spiro atoms. The van der Waals surface area contributed by atoms with Crippen molar-refractivity contribution in [2.24, 2.45) is 7.05 Å². The van der Waals surface area contributed by atoms with Crippen molar-refractivity contribution in [2.75, 3.05) is 7.05 Å². The van der Waals surface area contributed by atoms with Gasteiger partial charge in [0.25, 0.3) is 0 Å². The molecule has 0 bridgehead atoms. The highest BCUT2D eigenvalue weighted by atomic mass is 79.9. The number of rotatable bonds is 4. The standard InChI is InChI=1S/C13H15BrClN3/c1-16-12(8-13-17-3-4-18(13)2)9-5-10(14)7-11(15)6-9/h3-7,12,16H,8H2,1-2H3. The van der Waals surface area contributed by atoms with Crippen molar-refractivity contribution in [3.8, 4) is 0 Å². The van der Waals surface area contributed by atoms with E-state index in [9.17, 15) is 0 Å². The van der Waals surface area contributed by atoms with Crippen molar-refractivity contribution >= 4 is 27.5 Å². The van der Waals surface area contributed by atoms with Crippen LogP contribution < -0.4 is 5.32 Å². The Bertz CT molecular complexity index is 519. The van der Waals surface area contributed by atoms with Gasteiger partial charge in [0.05, 0.1) is 0 Å². The van der Waals surface area contributed by atoms with E-state index in [1.807, 2.05) is 43.2 Å². The van der Waals surface area contributed by atoms with Crippen LogP contribution in [0.2, 0.25) is 5.02 Å². The molecule has 0 amide bonds. The second kappa shape index (κ2) is 5.87. The van der Waals surface area contributed by atoms with Gasteiger partial charge < -0.3 is 9.88 Å². The first-order chi connectivity index (χ1) is 8.60. The van der Waals surface area contributed by atoms with E-state index in [0.717, 1.165) is 27.3 Å². The Balaban J connectivity index is 2.25. The van der Waals surface area contributed by atoms with Crippen molar-refractivity contribution in [1.82, 2.24) is 14.9 Å². The molecule has 2 rings (SSSR count). The molecule has 2 aromatic rings. The smallest absolute Gasteiger partial charge is 0.110 e. The molecule has 96 valence electrons. The van der Waals surface area contributed by atoms with Crippen LogP contribution in [-0.4, -0.2) is 16.6 Å². The van der Waals surface area contributed by atoms with Crippen LogP contribution in [0.4, 0.5) is 0 Å². The Morgan fingerprint density at radius 1 is 1.44 bits per heavy atom. The second-order valence-electron chi connectivity index (χ2n) is 4.20. The highest BCUT2D eigenvalue weighted by Crippen LogP contribution is 2.25. The van der Waals surface area contributed by atoms with Crippen LogP contribution in [0.3, 0.4) is 0 Å². The first-order valence-electron chi connectivity index (χ1n) is 5.69. The lowest BCUT2D eigenvalue weighted by Crippen LogP contribution is -2.20. The molecule has 1 aromatic carbocycles. The zero-order valence-corrected chi connectivity index (χ0v) is 12.7. The number of benzene rings is 1. The number of nitrogens with one attached hydrogen (secondary N) is 1. The molecule has 1 N–H and O–H groups in total. The molecule has 3 nitrogen and oxygen atoms in total. The van der Waals surface area contributed by atoms with Crippen LogP contribution in [0.5, 0.6) is 0 Å². The molecule has 5 heteroatoms. The van der Waals surface area contributed by atoms with Crippen molar-refractivity contribution in [3.05, 3.63) is 51.5 Å². The Hall–Kier alpha value is -0.840. The van der Waals surface area contributed by atoms with E-state index in [4.69, 9.17) is 11.6 Å². The Morgan fingerprint density at radius 3 is 2.78 bits per heavy atom. The average Bonchev–Trinajstić information content (AvgIpc) is 2.70. The predicted octanol–water partition coefficient (Wildman–Crippen LogP) is 3.34. The summed E-state index contributed by atoms with van der Waals surface area (Å²) in [5, 5.41) is 4.04. The molecule has 0 aliphatic heterocycles. The Morgan fingerprint density at radius 2 is 2.22 bits per heavy atom.